The van der Waals surface area contributed by atoms with Gasteiger partial charge in [-0.05, 0) is 43.3 Å². The van der Waals surface area contributed by atoms with E-state index in [0.717, 1.165) is 21.5 Å². The van der Waals surface area contributed by atoms with E-state index in [1.54, 1.807) is 6.07 Å². The van der Waals surface area contributed by atoms with E-state index < -0.39 is 0 Å². The molecule has 0 aliphatic heterocycles. The van der Waals surface area contributed by atoms with Crippen molar-refractivity contribution in [2.24, 2.45) is 5.10 Å². The van der Waals surface area contributed by atoms with Crippen molar-refractivity contribution in [3.8, 4) is 11.3 Å². The lowest BCUT2D eigenvalue weighted by Crippen LogP contribution is -2.25. The minimum Gasteiger partial charge on any atom is -0.455 e. The van der Waals surface area contributed by atoms with Crippen LogP contribution in [0.2, 0.25) is 0 Å². The highest BCUT2D eigenvalue weighted by Crippen LogP contribution is 2.24. The fourth-order valence-corrected chi connectivity index (χ4v) is 2.68. The Morgan fingerprint density at radius 2 is 1.96 bits per heavy atom. The molecule has 132 valence electrons. The molecule has 2 aromatic carbocycles. The lowest BCUT2D eigenvalue weighted by molar-refractivity contribution is -0.119. The van der Waals surface area contributed by atoms with Crippen molar-refractivity contribution in [3.05, 3.63) is 76.5 Å². The van der Waals surface area contributed by atoms with Gasteiger partial charge < -0.3 is 9.73 Å². The first kappa shape index (κ1) is 17.9. The third-order valence-electron chi connectivity index (χ3n) is 3.62. The first-order valence-corrected chi connectivity index (χ1v) is 8.88. The summed E-state index contributed by atoms with van der Waals surface area (Å²) in [6, 6.07) is 19.3. The molecule has 1 aromatic heterocycles. The molecule has 0 spiro atoms. The number of nitrogens with zero attached hydrogens (tertiary/aromatic N) is 1. The number of halogens is 1. The topological polar surface area (TPSA) is 66.6 Å². The van der Waals surface area contributed by atoms with Crippen LogP contribution in [0.5, 0.6) is 0 Å². The molecule has 26 heavy (non-hydrogen) atoms. The molecule has 0 saturated carbocycles. The Balaban J connectivity index is 1.50. The van der Waals surface area contributed by atoms with Crippen molar-refractivity contribution in [3.63, 3.8) is 0 Å². The van der Waals surface area contributed by atoms with Crippen molar-refractivity contribution < 1.29 is 9.21 Å². The van der Waals surface area contributed by atoms with Crippen molar-refractivity contribution in [1.29, 1.82) is 0 Å². The number of furan rings is 1. The van der Waals surface area contributed by atoms with Crippen LogP contribution in [-0.2, 0) is 4.79 Å². The maximum absolute atomic E-state index is 11.8. The summed E-state index contributed by atoms with van der Waals surface area (Å²) in [6.07, 6.45) is 1.48. The Labute approximate surface area is 160 Å². The standard InChI is InChI=1S/C20H18BrN3O2/c1-14-5-7-17(8-6-14)22-13-20(25)24-23-12-18-9-10-19(26-18)15-3-2-4-16(21)11-15/h2-12,22H,13H2,1H3,(H,24,25)/b23-12+. The van der Waals surface area contributed by atoms with Gasteiger partial charge in [0, 0.05) is 15.7 Å². The normalized spacial score (nSPS) is 10.8. The van der Waals surface area contributed by atoms with Crippen LogP contribution in [0.15, 0.2) is 74.7 Å². The van der Waals surface area contributed by atoms with E-state index in [0.29, 0.717) is 5.76 Å². The summed E-state index contributed by atoms with van der Waals surface area (Å²) in [4.78, 5) is 11.8. The molecule has 0 aliphatic carbocycles. The molecule has 0 fully saturated rings. The largest absolute Gasteiger partial charge is 0.455 e. The summed E-state index contributed by atoms with van der Waals surface area (Å²) in [6.45, 7) is 2.16. The lowest BCUT2D eigenvalue weighted by atomic mass is 10.2. The minimum absolute atomic E-state index is 0.141. The number of nitrogens with one attached hydrogen (secondary N) is 2. The maximum Gasteiger partial charge on any atom is 0.259 e. The first-order chi connectivity index (χ1) is 12.6. The summed E-state index contributed by atoms with van der Waals surface area (Å²) in [7, 11) is 0. The molecule has 3 aromatic rings. The highest BCUT2D eigenvalue weighted by molar-refractivity contribution is 9.10. The van der Waals surface area contributed by atoms with Gasteiger partial charge in [0.25, 0.3) is 5.91 Å². The minimum atomic E-state index is -0.236. The van der Waals surface area contributed by atoms with Crippen LogP contribution in [0.3, 0.4) is 0 Å². The van der Waals surface area contributed by atoms with Crippen molar-refractivity contribution in [1.82, 2.24) is 5.43 Å². The van der Waals surface area contributed by atoms with Crippen molar-refractivity contribution in [2.45, 2.75) is 6.92 Å². The van der Waals surface area contributed by atoms with E-state index in [2.05, 4.69) is 31.8 Å². The Bertz CT molecular complexity index is 917. The molecule has 1 heterocycles. The molecule has 1 amide bonds. The van der Waals surface area contributed by atoms with Crippen LogP contribution < -0.4 is 10.7 Å². The van der Waals surface area contributed by atoms with E-state index in [-0.39, 0.29) is 12.5 Å². The number of carbonyl (C=O) groups excluding carboxylic acids is 1. The van der Waals surface area contributed by atoms with E-state index >= 15 is 0 Å². The van der Waals surface area contributed by atoms with Crippen molar-refractivity contribution >= 4 is 33.7 Å². The average Bonchev–Trinajstić information content (AvgIpc) is 3.10. The molecule has 0 radical (unpaired) electrons. The van der Waals surface area contributed by atoms with Gasteiger partial charge in [-0.25, -0.2) is 5.43 Å². The van der Waals surface area contributed by atoms with E-state index in [1.165, 1.54) is 11.8 Å². The number of carbonyl (C=O) groups is 1. The highest BCUT2D eigenvalue weighted by Gasteiger charge is 2.04. The Hall–Kier alpha value is -2.86. The molecule has 5 nitrogen and oxygen atoms in total. The van der Waals surface area contributed by atoms with Crippen molar-refractivity contribution in [2.75, 3.05) is 11.9 Å². The second-order valence-electron chi connectivity index (χ2n) is 5.73. The second-order valence-corrected chi connectivity index (χ2v) is 6.64. The smallest absolute Gasteiger partial charge is 0.259 e. The van der Waals surface area contributed by atoms with Crippen LogP contribution in [0.1, 0.15) is 11.3 Å². The van der Waals surface area contributed by atoms with Gasteiger partial charge in [0.15, 0.2) is 0 Å². The molecular formula is C20H18BrN3O2. The molecule has 0 saturated heterocycles. The first-order valence-electron chi connectivity index (χ1n) is 8.08. The summed E-state index contributed by atoms with van der Waals surface area (Å²) in [5.41, 5.74) is 5.49. The Morgan fingerprint density at radius 1 is 1.15 bits per heavy atom. The maximum atomic E-state index is 11.8. The number of hydrogen-bond acceptors (Lipinski definition) is 4. The summed E-state index contributed by atoms with van der Waals surface area (Å²) < 4.78 is 6.69. The van der Waals surface area contributed by atoms with Crippen LogP contribution in [0, 0.1) is 6.92 Å². The fraction of sp³-hybridized carbons (Fsp3) is 0.100. The van der Waals surface area contributed by atoms with Gasteiger partial charge in [-0.15, -0.1) is 0 Å². The van der Waals surface area contributed by atoms with Gasteiger partial charge in [0.1, 0.15) is 11.5 Å². The highest BCUT2D eigenvalue weighted by atomic mass is 79.9. The number of aryl methyl sites for hydroxylation is 1. The number of hydrogen-bond donors (Lipinski definition) is 2. The molecule has 6 heteroatoms. The zero-order valence-corrected chi connectivity index (χ0v) is 15.8. The summed E-state index contributed by atoms with van der Waals surface area (Å²) in [5.74, 6) is 1.06. The number of anilines is 1. The number of amides is 1. The fourth-order valence-electron chi connectivity index (χ4n) is 2.28. The molecule has 3 rings (SSSR count). The molecule has 0 aliphatic rings. The van der Waals surface area contributed by atoms with E-state index in [4.69, 9.17) is 4.42 Å². The zero-order chi connectivity index (χ0) is 18.4. The Morgan fingerprint density at radius 3 is 2.73 bits per heavy atom. The third-order valence-corrected chi connectivity index (χ3v) is 4.11. The number of rotatable bonds is 6. The van der Waals surface area contributed by atoms with Crippen LogP contribution in [-0.4, -0.2) is 18.7 Å². The van der Waals surface area contributed by atoms with Gasteiger partial charge in [0.05, 0.1) is 12.8 Å². The monoisotopic (exact) mass is 411 g/mol. The predicted octanol–water partition coefficient (Wildman–Crippen LogP) is 4.58. The molecule has 0 unspecified atom stereocenters. The van der Waals surface area contributed by atoms with Gasteiger partial charge in [0.2, 0.25) is 0 Å². The number of benzene rings is 2. The predicted molar refractivity (Wildman–Crippen MR) is 107 cm³/mol. The Kier molecular flexibility index (Phi) is 5.86. The second kappa shape index (κ2) is 8.49. The van der Waals surface area contributed by atoms with E-state index in [9.17, 15) is 4.79 Å². The SMILES string of the molecule is Cc1ccc(NCC(=O)N/N=C/c2ccc(-c3cccc(Br)c3)o2)cc1. The van der Waals surface area contributed by atoms with Crippen LogP contribution >= 0.6 is 15.9 Å². The quantitative estimate of drug-likeness (QED) is 0.460. The number of hydrazone groups is 1. The van der Waals surface area contributed by atoms with Gasteiger partial charge in [-0.2, -0.15) is 5.10 Å². The van der Waals surface area contributed by atoms with Crippen LogP contribution in [0.4, 0.5) is 5.69 Å². The average molecular weight is 412 g/mol. The molecule has 0 bridgehead atoms. The van der Waals surface area contributed by atoms with Crippen LogP contribution in [0.25, 0.3) is 11.3 Å². The molecule has 2 N–H and O–H groups in total. The van der Waals surface area contributed by atoms with Gasteiger partial charge in [-0.1, -0.05) is 45.8 Å². The van der Waals surface area contributed by atoms with Gasteiger partial charge >= 0.3 is 0 Å². The molecule has 0 atom stereocenters. The summed E-state index contributed by atoms with van der Waals surface area (Å²) in [5, 5.41) is 6.96. The zero-order valence-electron chi connectivity index (χ0n) is 14.2. The third kappa shape index (κ3) is 5.07. The molecular weight excluding hydrogens is 394 g/mol. The lowest BCUT2D eigenvalue weighted by Gasteiger charge is -2.05. The van der Waals surface area contributed by atoms with E-state index in [1.807, 2.05) is 61.5 Å². The summed E-state index contributed by atoms with van der Waals surface area (Å²) >= 11 is 3.44. The van der Waals surface area contributed by atoms with Gasteiger partial charge in [-0.3, -0.25) is 4.79 Å².